The molecule has 0 atom stereocenters. The summed E-state index contributed by atoms with van der Waals surface area (Å²) in [4.78, 5) is 20.4. The van der Waals surface area contributed by atoms with Crippen molar-refractivity contribution in [1.29, 1.82) is 0 Å². The Morgan fingerprint density at radius 3 is 2.44 bits per heavy atom. The minimum Gasteiger partial charge on any atom is -0.545 e. The van der Waals surface area contributed by atoms with Gasteiger partial charge in [-0.3, -0.25) is 0 Å². The number of carboxylic acid groups (broad SMARTS) is 1. The standard InChI is InChI=1S/C17H16F3N3O3S/c18-17(19,20)13-9-14(23-5-7-26-8-6-23)22-16(21-13)27-10-11-1-3-12(4-2-11)15(24)25/h1-4,9H,5-8,10H2,(H,24,25)/p-1. The number of nitrogens with zero attached hydrogens (tertiary/aromatic N) is 3. The number of thioether (sulfide) groups is 1. The number of ether oxygens (including phenoxy) is 1. The van der Waals surface area contributed by atoms with Gasteiger partial charge in [0.2, 0.25) is 0 Å². The first kappa shape index (κ1) is 19.4. The van der Waals surface area contributed by atoms with Crippen LogP contribution < -0.4 is 10.0 Å². The highest BCUT2D eigenvalue weighted by atomic mass is 32.2. The van der Waals surface area contributed by atoms with Crippen LogP contribution in [0.1, 0.15) is 21.6 Å². The number of aromatic nitrogens is 2. The minimum atomic E-state index is -4.57. The second kappa shape index (κ2) is 8.13. The molecule has 0 N–H and O–H groups in total. The number of hydrogen-bond acceptors (Lipinski definition) is 7. The number of carbonyl (C=O) groups is 1. The molecule has 1 aliphatic heterocycles. The van der Waals surface area contributed by atoms with Crippen molar-refractivity contribution in [2.75, 3.05) is 31.2 Å². The van der Waals surface area contributed by atoms with Crippen LogP contribution in [0, 0.1) is 0 Å². The molecule has 0 aliphatic carbocycles. The van der Waals surface area contributed by atoms with Gasteiger partial charge in [0.25, 0.3) is 0 Å². The first-order chi connectivity index (χ1) is 12.8. The van der Waals surface area contributed by atoms with E-state index in [9.17, 15) is 23.1 Å². The summed E-state index contributed by atoms with van der Waals surface area (Å²) in [6.45, 7) is 1.78. The molecule has 0 bridgehead atoms. The predicted octanol–water partition coefficient (Wildman–Crippen LogP) is 1.99. The largest absolute Gasteiger partial charge is 0.545 e. The van der Waals surface area contributed by atoms with Crippen LogP contribution in [0.5, 0.6) is 0 Å². The van der Waals surface area contributed by atoms with Crippen LogP contribution >= 0.6 is 11.8 Å². The molecule has 1 aromatic heterocycles. The van der Waals surface area contributed by atoms with Gasteiger partial charge in [0.05, 0.1) is 19.2 Å². The second-order valence-electron chi connectivity index (χ2n) is 5.76. The van der Waals surface area contributed by atoms with E-state index >= 15 is 0 Å². The van der Waals surface area contributed by atoms with Crippen LogP contribution in [0.3, 0.4) is 0 Å². The smallest absolute Gasteiger partial charge is 0.433 e. The van der Waals surface area contributed by atoms with Crippen LogP contribution in [0.2, 0.25) is 0 Å². The summed E-state index contributed by atoms with van der Waals surface area (Å²) in [7, 11) is 0. The van der Waals surface area contributed by atoms with Crippen molar-refractivity contribution in [1.82, 2.24) is 9.97 Å². The summed E-state index contributed by atoms with van der Waals surface area (Å²) in [6.07, 6.45) is -4.57. The number of benzene rings is 1. The average molecular weight is 398 g/mol. The van der Waals surface area contributed by atoms with Crippen LogP contribution in [-0.2, 0) is 16.7 Å². The quantitative estimate of drug-likeness (QED) is 0.563. The Bertz CT molecular complexity index is 809. The van der Waals surface area contributed by atoms with E-state index in [1.54, 1.807) is 17.0 Å². The lowest BCUT2D eigenvalue weighted by Crippen LogP contribution is -2.37. The van der Waals surface area contributed by atoms with Crippen LogP contribution in [0.25, 0.3) is 0 Å². The summed E-state index contributed by atoms with van der Waals surface area (Å²) in [6, 6.07) is 6.88. The van der Waals surface area contributed by atoms with E-state index in [-0.39, 0.29) is 16.5 Å². The normalized spacial score (nSPS) is 15.0. The fraction of sp³-hybridized carbons (Fsp3) is 0.353. The van der Waals surface area contributed by atoms with Crippen molar-refractivity contribution in [3.63, 3.8) is 0 Å². The lowest BCUT2D eigenvalue weighted by Gasteiger charge is -2.28. The van der Waals surface area contributed by atoms with Gasteiger partial charge in [0.15, 0.2) is 10.9 Å². The number of halogens is 3. The average Bonchev–Trinajstić information content (AvgIpc) is 2.66. The number of hydrogen-bond donors (Lipinski definition) is 0. The number of morpholine rings is 1. The van der Waals surface area contributed by atoms with Gasteiger partial charge >= 0.3 is 6.18 Å². The van der Waals surface area contributed by atoms with E-state index in [1.165, 1.54) is 12.1 Å². The maximum Gasteiger partial charge on any atom is 0.433 e. The Labute approximate surface area is 157 Å². The predicted molar refractivity (Wildman–Crippen MR) is 90.4 cm³/mol. The van der Waals surface area contributed by atoms with E-state index in [4.69, 9.17) is 4.74 Å². The number of alkyl halides is 3. The van der Waals surface area contributed by atoms with Crippen molar-refractivity contribution >= 4 is 23.5 Å². The first-order valence-electron chi connectivity index (χ1n) is 8.05. The molecular formula is C17H15F3N3O3S-. The Morgan fingerprint density at radius 1 is 1.19 bits per heavy atom. The van der Waals surface area contributed by atoms with Crippen LogP contribution in [0.4, 0.5) is 19.0 Å². The highest BCUT2D eigenvalue weighted by Crippen LogP contribution is 2.32. The molecule has 1 aliphatic rings. The van der Waals surface area contributed by atoms with Crippen LogP contribution in [0.15, 0.2) is 35.5 Å². The highest BCUT2D eigenvalue weighted by Gasteiger charge is 2.34. The van der Waals surface area contributed by atoms with Crippen molar-refractivity contribution in [3.05, 3.63) is 47.2 Å². The molecule has 0 radical (unpaired) electrons. The van der Waals surface area contributed by atoms with E-state index in [0.29, 0.717) is 32.1 Å². The molecule has 2 aromatic rings. The molecule has 10 heteroatoms. The summed E-state index contributed by atoms with van der Waals surface area (Å²) in [5.74, 6) is -0.766. The molecule has 0 saturated carbocycles. The molecule has 27 heavy (non-hydrogen) atoms. The lowest BCUT2D eigenvalue weighted by molar-refractivity contribution is -0.255. The number of anilines is 1. The molecule has 144 valence electrons. The molecule has 3 rings (SSSR count). The monoisotopic (exact) mass is 398 g/mol. The molecule has 6 nitrogen and oxygen atoms in total. The molecule has 1 fully saturated rings. The maximum absolute atomic E-state index is 13.2. The van der Waals surface area contributed by atoms with Crippen molar-refractivity contribution in [2.24, 2.45) is 0 Å². The van der Waals surface area contributed by atoms with E-state index in [2.05, 4.69) is 9.97 Å². The molecule has 0 amide bonds. The lowest BCUT2D eigenvalue weighted by atomic mass is 10.1. The second-order valence-corrected chi connectivity index (χ2v) is 6.71. The zero-order valence-corrected chi connectivity index (χ0v) is 14.8. The van der Waals surface area contributed by atoms with E-state index in [1.807, 2.05) is 0 Å². The number of aromatic carboxylic acids is 1. The van der Waals surface area contributed by atoms with Gasteiger partial charge in [-0.15, -0.1) is 0 Å². The Kier molecular flexibility index (Phi) is 5.85. The van der Waals surface area contributed by atoms with Crippen molar-refractivity contribution < 1.29 is 27.8 Å². The van der Waals surface area contributed by atoms with E-state index in [0.717, 1.165) is 23.4 Å². The van der Waals surface area contributed by atoms with E-state index < -0.39 is 17.8 Å². The summed E-state index contributed by atoms with van der Waals surface area (Å²) in [5.41, 5.74) is -0.221. The SMILES string of the molecule is O=C([O-])c1ccc(CSc2nc(N3CCOCC3)cc(C(F)(F)F)n2)cc1. The topological polar surface area (TPSA) is 78.4 Å². The van der Waals surface area contributed by atoms with Gasteiger partial charge in [-0.05, 0) is 11.1 Å². The third kappa shape index (κ3) is 5.10. The van der Waals surface area contributed by atoms with Gasteiger partial charge in [0, 0.05) is 24.9 Å². The minimum absolute atomic E-state index is 0.00953. The zero-order chi connectivity index (χ0) is 19.4. The Balaban J connectivity index is 1.79. The fourth-order valence-electron chi connectivity index (χ4n) is 2.46. The summed E-state index contributed by atoms with van der Waals surface area (Å²) >= 11 is 1.05. The molecular weight excluding hydrogens is 383 g/mol. The molecule has 0 unspecified atom stereocenters. The van der Waals surface area contributed by atoms with Gasteiger partial charge in [0.1, 0.15) is 5.82 Å². The Morgan fingerprint density at radius 2 is 1.85 bits per heavy atom. The fourth-order valence-corrected chi connectivity index (χ4v) is 3.27. The van der Waals surface area contributed by atoms with Gasteiger partial charge in [-0.1, -0.05) is 36.0 Å². The molecule has 1 aromatic carbocycles. The number of carboxylic acids is 1. The molecule has 2 heterocycles. The van der Waals surface area contributed by atoms with Gasteiger partial charge in [-0.25, -0.2) is 9.97 Å². The number of rotatable bonds is 5. The zero-order valence-electron chi connectivity index (χ0n) is 14.0. The maximum atomic E-state index is 13.2. The molecule has 0 spiro atoms. The van der Waals surface area contributed by atoms with Crippen molar-refractivity contribution in [3.8, 4) is 0 Å². The van der Waals surface area contributed by atoms with Crippen LogP contribution in [-0.4, -0.2) is 42.2 Å². The summed E-state index contributed by atoms with van der Waals surface area (Å²) in [5, 5.41) is 10.8. The van der Waals surface area contributed by atoms with Gasteiger partial charge in [-0.2, -0.15) is 13.2 Å². The Hall–Kier alpha value is -2.33. The highest BCUT2D eigenvalue weighted by molar-refractivity contribution is 7.98. The van der Waals surface area contributed by atoms with Gasteiger partial charge < -0.3 is 19.5 Å². The summed E-state index contributed by atoms with van der Waals surface area (Å²) < 4.78 is 44.8. The number of carbonyl (C=O) groups excluding carboxylic acids is 1. The molecule has 1 saturated heterocycles. The third-order valence-corrected chi connectivity index (χ3v) is 4.79. The van der Waals surface area contributed by atoms with Crippen molar-refractivity contribution in [2.45, 2.75) is 17.1 Å². The first-order valence-corrected chi connectivity index (χ1v) is 9.03. The third-order valence-electron chi connectivity index (χ3n) is 3.88.